The highest BCUT2D eigenvalue weighted by atomic mass is 35.5. The molecule has 0 radical (unpaired) electrons. The minimum absolute atomic E-state index is 0.206. The Morgan fingerprint density at radius 2 is 1.85 bits per heavy atom. The van der Waals surface area contributed by atoms with Gasteiger partial charge in [0.05, 0.1) is 17.4 Å². The number of carbonyl (C=O) groups is 2. The van der Waals surface area contributed by atoms with Crippen molar-refractivity contribution in [2.24, 2.45) is 5.92 Å². The zero-order valence-corrected chi connectivity index (χ0v) is 15.8. The van der Waals surface area contributed by atoms with Crippen molar-refractivity contribution < 1.29 is 18.0 Å². The van der Waals surface area contributed by atoms with Gasteiger partial charge in [-0.1, -0.05) is 24.6 Å². The van der Waals surface area contributed by atoms with Crippen LogP contribution in [0.3, 0.4) is 0 Å². The molecular formula is C18H17ClN2O4S. The molecule has 26 heavy (non-hydrogen) atoms. The zero-order chi connectivity index (χ0) is 19.1. The first-order chi connectivity index (χ1) is 12.2. The summed E-state index contributed by atoms with van der Waals surface area (Å²) in [6.45, 7) is 3.38. The molecule has 0 aromatic heterocycles. The molecule has 0 bridgehead atoms. The highest BCUT2D eigenvalue weighted by Gasteiger charge is 2.41. The number of sulfonamides is 1. The van der Waals surface area contributed by atoms with Gasteiger partial charge in [0.25, 0.3) is 5.91 Å². The Morgan fingerprint density at radius 1 is 1.19 bits per heavy atom. The lowest BCUT2D eigenvalue weighted by Crippen LogP contribution is -2.30. The largest absolute Gasteiger partial charge is 0.322 e. The summed E-state index contributed by atoms with van der Waals surface area (Å²) in [4.78, 5) is 24.5. The van der Waals surface area contributed by atoms with Crippen molar-refractivity contribution in [3.05, 3.63) is 58.6 Å². The van der Waals surface area contributed by atoms with Crippen LogP contribution in [0.1, 0.15) is 22.8 Å². The number of nitrogens with zero attached hydrogens (tertiary/aromatic N) is 1. The highest BCUT2D eigenvalue weighted by molar-refractivity contribution is 7.94. The number of hydrogen-bond acceptors (Lipinski definition) is 4. The van der Waals surface area contributed by atoms with Crippen molar-refractivity contribution in [1.82, 2.24) is 0 Å². The van der Waals surface area contributed by atoms with Crippen molar-refractivity contribution in [2.45, 2.75) is 13.8 Å². The van der Waals surface area contributed by atoms with E-state index < -0.39 is 21.8 Å². The predicted octanol–water partition coefficient (Wildman–Crippen LogP) is 3.21. The van der Waals surface area contributed by atoms with Gasteiger partial charge in [-0.2, -0.15) is 0 Å². The number of carbonyl (C=O) groups excluding carboxylic acids is 2. The first-order valence-electron chi connectivity index (χ1n) is 7.94. The molecule has 2 aromatic carbocycles. The van der Waals surface area contributed by atoms with E-state index in [-0.39, 0.29) is 17.3 Å². The summed E-state index contributed by atoms with van der Waals surface area (Å²) in [6.07, 6.45) is 0. The summed E-state index contributed by atoms with van der Waals surface area (Å²) < 4.78 is 25.1. The molecule has 1 unspecified atom stereocenters. The molecule has 6 nitrogen and oxygen atoms in total. The van der Waals surface area contributed by atoms with Gasteiger partial charge >= 0.3 is 0 Å². The van der Waals surface area contributed by atoms with E-state index in [0.29, 0.717) is 16.3 Å². The summed E-state index contributed by atoms with van der Waals surface area (Å²) in [6, 6.07) is 11.1. The molecule has 1 saturated heterocycles. The molecule has 2 aromatic rings. The fourth-order valence-electron chi connectivity index (χ4n) is 2.77. The Labute approximate surface area is 156 Å². The average molecular weight is 393 g/mol. The highest BCUT2D eigenvalue weighted by Crippen LogP contribution is 2.29. The molecule has 0 spiro atoms. The maximum absolute atomic E-state index is 12.4. The number of nitrogens with one attached hydrogen (secondary N) is 1. The fourth-order valence-corrected chi connectivity index (χ4v) is 4.77. The third kappa shape index (κ3) is 3.32. The molecule has 1 fully saturated rings. The predicted molar refractivity (Wildman–Crippen MR) is 101 cm³/mol. The van der Waals surface area contributed by atoms with E-state index >= 15 is 0 Å². The minimum Gasteiger partial charge on any atom is -0.322 e. The van der Waals surface area contributed by atoms with Crippen LogP contribution < -0.4 is 9.62 Å². The van der Waals surface area contributed by atoms with E-state index in [9.17, 15) is 18.0 Å². The molecule has 1 atom stereocenters. The van der Waals surface area contributed by atoms with Crippen LogP contribution in [-0.2, 0) is 14.8 Å². The van der Waals surface area contributed by atoms with Gasteiger partial charge in [-0.25, -0.2) is 12.7 Å². The molecule has 3 rings (SSSR count). The summed E-state index contributed by atoms with van der Waals surface area (Å²) in [5.74, 6) is -1.60. The molecule has 1 aliphatic heterocycles. The van der Waals surface area contributed by atoms with Gasteiger partial charge in [0.1, 0.15) is 0 Å². The van der Waals surface area contributed by atoms with Gasteiger partial charge in [0.15, 0.2) is 0 Å². The standard InChI is InChI=1S/C18H17ClN2O4S/c1-11-10-26(24,25)21(18(11)23)14-8-6-13(7-9-14)17(22)20-16-5-3-4-15(19)12(16)2/h3-9,11H,10H2,1-2H3,(H,20,22). The molecule has 1 heterocycles. The van der Waals surface area contributed by atoms with Crippen molar-refractivity contribution in [2.75, 3.05) is 15.4 Å². The van der Waals surface area contributed by atoms with E-state index in [4.69, 9.17) is 11.6 Å². The van der Waals surface area contributed by atoms with Gasteiger partial charge in [-0.3, -0.25) is 9.59 Å². The van der Waals surface area contributed by atoms with Crippen LogP contribution in [0.25, 0.3) is 0 Å². The van der Waals surface area contributed by atoms with E-state index in [1.165, 1.54) is 24.3 Å². The van der Waals surface area contributed by atoms with Crippen LogP contribution in [0.5, 0.6) is 0 Å². The van der Waals surface area contributed by atoms with Gasteiger partial charge in [0, 0.05) is 16.3 Å². The maximum Gasteiger partial charge on any atom is 0.255 e. The van der Waals surface area contributed by atoms with E-state index in [0.717, 1.165) is 9.87 Å². The number of benzene rings is 2. The van der Waals surface area contributed by atoms with Crippen molar-refractivity contribution in [1.29, 1.82) is 0 Å². The van der Waals surface area contributed by atoms with E-state index in [1.807, 2.05) is 0 Å². The smallest absolute Gasteiger partial charge is 0.255 e. The van der Waals surface area contributed by atoms with Gasteiger partial charge < -0.3 is 5.32 Å². The van der Waals surface area contributed by atoms with Crippen LogP contribution in [0.2, 0.25) is 5.02 Å². The van der Waals surface area contributed by atoms with E-state index in [1.54, 1.807) is 32.0 Å². The number of rotatable bonds is 3. The minimum atomic E-state index is -3.66. The third-order valence-electron chi connectivity index (χ3n) is 4.24. The second kappa shape index (κ2) is 6.74. The molecule has 1 N–H and O–H groups in total. The van der Waals surface area contributed by atoms with Crippen molar-refractivity contribution in [3.8, 4) is 0 Å². The SMILES string of the molecule is Cc1c(Cl)cccc1NC(=O)c1ccc(N2C(=O)C(C)CS2(=O)=O)cc1. The normalized spacial score (nSPS) is 18.8. The fraction of sp³-hybridized carbons (Fsp3) is 0.222. The second-order valence-corrected chi connectivity index (χ2v) is 8.47. The number of amides is 2. The van der Waals surface area contributed by atoms with Gasteiger partial charge in [-0.15, -0.1) is 0 Å². The van der Waals surface area contributed by atoms with E-state index in [2.05, 4.69) is 5.32 Å². The Bertz CT molecular complexity index is 987. The van der Waals surface area contributed by atoms with Gasteiger partial charge in [0.2, 0.25) is 15.9 Å². The molecule has 0 aliphatic carbocycles. The Morgan fingerprint density at radius 3 is 2.42 bits per heavy atom. The lowest BCUT2D eigenvalue weighted by Gasteiger charge is -2.15. The summed E-state index contributed by atoms with van der Waals surface area (Å²) in [5.41, 5.74) is 1.92. The van der Waals surface area contributed by atoms with Crippen LogP contribution in [0.4, 0.5) is 11.4 Å². The van der Waals surface area contributed by atoms with Crippen LogP contribution in [0.15, 0.2) is 42.5 Å². The molecule has 2 amide bonds. The molecule has 136 valence electrons. The Hall–Kier alpha value is -2.38. The molecule has 0 saturated carbocycles. The monoisotopic (exact) mass is 392 g/mol. The van der Waals surface area contributed by atoms with Gasteiger partial charge in [-0.05, 0) is 48.9 Å². The zero-order valence-electron chi connectivity index (χ0n) is 14.2. The van der Waals surface area contributed by atoms with Crippen molar-refractivity contribution in [3.63, 3.8) is 0 Å². The van der Waals surface area contributed by atoms with Crippen LogP contribution in [-0.4, -0.2) is 26.0 Å². The molecule has 1 aliphatic rings. The second-order valence-electron chi connectivity index (χ2n) is 6.20. The lowest BCUT2D eigenvalue weighted by atomic mass is 10.1. The Kier molecular flexibility index (Phi) is 4.77. The third-order valence-corrected chi connectivity index (χ3v) is 6.52. The first-order valence-corrected chi connectivity index (χ1v) is 9.93. The lowest BCUT2D eigenvalue weighted by molar-refractivity contribution is -0.119. The topological polar surface area (TPSA) is 83.6 Å². The van der Waals surface area contributed by atoms with Crippen molar-refractivity contribution >= 4 is 44.8 Å². The van der Waals surface area contributed by atoms with Crippen LogP contribution in [0, 0.1) is 12.8 Å². The number of hydrogen-bond donors (Lipinski definition) is 1. The quantitative estimate of drug-likeness (QED) is 0.869. The maximum atomic E-state index is 12.4. The Balaban J connectivity index is 1.83. The summed E-state index contributed by atoms with van der Waals surface area (Å²) in [7, 11) is -3.66. The average Bonchev–Trinajstić information content (AvgIpc) is 2.79. The molecular weight excluding hydrogens is 376 g/mol. The number of anilines is 2. The molecule has 8 heteroatoms. The van der Waals surface area contributed by atoms with Crippen LogP contribution >= 0.6 is 11.6 Å². The number of halogens is 1. The summed E-state index contributed by atoms with van der Waals surface area (Å²) >= 11 is 6.04. The first kappa shape index (κ1) is 18.4. The summed E-state index contributed by atoms with van der Waals surface area (Å²) in [5, 5.41) is 3.31.